The van der Waals surface area contributed by atoms with Gasteiger partial charge in [-0.25, -0.2) is 14.5 Å². The molecule has 0 spiro atoms. The molecular weight excluding hydrogens is 270 g/mol. The molecule has 0 saturated carbocycles. The van der Waals surface area contributed by atoms with Crippen LogP contribution < -0.4 is 4.74 Å². The van der Waals surface area contributed by atoms with Gasteiger partial charge in [0.1, 0.15) is 24.0 Å². The molecular formula is C15H17N3O3. The molecule has 0 saturated heterocycles. The highest BCUT2D eigenvalue weighted by Crippen LogP contribution is 2.14. The third-order valence-corrected chi connectivity index (χ3v) is 2.81. The van der Waals surface area contributed by atoms with Crippen molar-refractivity contribution in [3.63, 3.8) is 0 Å². The lowest BCUT2D eigenvalue weighted by atomic mass is 10.2. The standard InChI is InChI=1S/C15H17N3O3/c1-11-16-12(2)18(17-11)8-9-21-14-5-3-4-13(10-14)6-7-15(19)20/h3-7,10H,8-9H2,1-2H3,(H,19,20). The third-order valence-electron chi connectivity index (χ3n) is 2.81. The van der Waals surface area contributed by atoms with Crippen molar-refractivity contribution in [3.05, 3.63) is 47.6 Å². The molecule has 1 heterocycles. The Balaban J connectivity index is 1.93. The third kappa shape index (κ3) is 4.45. The Kier molecular flexibility index (Phi) is 4.71. The summed E-state index contributed by atoms with van der Waals surface area (Å²) in [4.78, 5) is 14.7. The monoisotopic (exact) mass is 287 g/mol. The lowest BCUT2D eigenvalue weighted by Crippen LogP contribution is -2.11. The Morgan fingerprint density at radius 1 is 1.43 bits per heavy atom. The maximum absolute atomic E-state index is 10.5. The second-order valence-corrected chi connectivity index (χ2v) is 4.52. The van der Waals surface area contributed by atoms with Crippen molar-refractivity contribution in [1.82, 2.24) is 14.8 Å². The van der Waals surface area contributed by atoms with Gasteiger partial charge in [-0.2, -0.15) is 5.10 Å². The van der Waals surface area contributed by atoms with E-state index in [0.717, 1.165) is 23.3 Å². The average Bonchev–Trinajstić information content (AvgIpc) is 2.75. The molecule has 0 aliphatic heterocycles. The minimum absolute atomic E-state index is 0.468. The summed E-state index contributed by atoms with van der Waals surface area (Å²) in [5.41, 5.74) is 0.780. The molecule has 0 amide bonds. The van der Waals surface area contributed by atoms with Crippen LogP contribution in [0.25, 0.3) is 6.08 Å². The molecule has 0 aliphatic rings. The molecule has 21 heavy (non-hydrogen) atoms. The van der Waals surface area contributed by atoms with Gasteiger partial charge in [0.25, 0.3) is 0 Å². The fourth-order valence-corrected chi connectivity index (χ4v) is 1.90. The molecule has 0 bridgehead atoms. The summed E-state index contributed by atoms with van der Waals surface area (Å²) in [7, 11) is 0. The van der Waals surface area contributed by atoms with Crippen LogP contribution in [-0.2, 0) is 11.3 Å². The largest absolute Gasteiger partial charge is 0.492 e. The first-order chi connectivity index (χ1) is 10.0. The van der Waals surface area contributed by atoms with Crippen LogP contribution in [-0.4, -0.2) is 32.4 Å². The molecule has 6 nitrogen and oxygen atoms in total. The molecule has 110 valence electrons. The number of aliphatic carboxylic acids is 1. The number of carboxylic acids is 1. The molecule has 0 atom stereocenters. The minimum atomic E-state index is -0.974. The Bertz CT molecular complexity index is 662. The van der Waals surface area contributed by atoms with Gasteiger partial charge in [0, 0.05) is 6.08 Å². The number of rotatable bonds is 6. The van der Waals surface area contributed by atoms with Gasteiger partial charge < -0.3 is 9.84 Å². The van der Waals surface area contributed by atoms with Crippen LogP contribution in [0.4, 0.5) is 0 Å². The molecule has 0 unspecified atom stereocenters. The van der Waals surface area contributed by atoms with Gasteiger partial charge in [-0.05, 0) is 37.6 Å². The van der Waals surface area contributed by atoms with E-state index in [4.69, 9.17) is 9.84 Å². The number of benzene rings is 1. The van der Waals surface area contributed by atoms with Crippen LogP contribution in [0.1, 0.15) is 17.2 Å². The zero-order valence-corrected chi connectivity index (χ0v) is 12.0. The van der Waals surface area contributed by atoms with Crippen molar-refractivity contribution in [1.29, 1.82) is 0 Å². The number of nitrogens with zero attached hydrogens (tertiary/aromatic N) is 3. The van der Waals surface area contributed by atoms with Crippen molar-refractivity contribution in [3.8, 4) is 5.75 Å². The smallest absolute Gasteiger partial charge is 0.328 e. The number of hydrogen-bond acceptors (Lipinski definition) is 4. The molecule has 6 heteroatoms. The van der Waals surface area contributed by atoms with Gasteiger partial charge in [0.15, 0.2) is 0 Å². The molecule has 1 aromatic carbocycles. The molecule has 0 radical (unpaired) electrons. The van der Waals surface area contributed by atoms with Crippen molar-refractivity contribution in [2.75, 3.05) is 6.61 Å². The molecule has 2 rings (SSSR count). The first-order valence-electron chi connectivity index (χ1n) is 6.56. The van der Waals surface area contributed by atoms with Crippen LogP contribution in [0.15, 0.2) is 30.3 Å². The number of carbonyl (C=O) groups is 1. The van der Waals surface area contributed by atoms with Gasteiger partial charge in [-0.1, -0.05) is 12.1 Å². The highest BCUT2D eigenvalue weighted by molar-refractivity contribution is 5.85. The van der Waals surface area contributed by atoms with Crippen LogP contribution >= 0.6 is 0 Å². The number of hydrogen-bond donors (Lipinski definition) is 1. The zero-order valence-electron chi connectivity index (χ0n) is 12.0. The first-order valence-corrected chi connectivity index (χ1v) is 6.56. The summed E-state index contributed by atoms with van der Waals surface area (Å²) in [6, 6.07) is 7.26. The predicted molar refractivity (Wildman–Crippen MR) is 78.1 cm³/mol. The summed E-state index contributed by atoms with van der Waals surface area (Å²) in [6.45, 7) is 4.83. The Morgan fingerprint density at radius 3 is 2.90 bits per heavy atom. The fraction of sp³-hybridized carbons (Fsp3) is 0.267. The molecule has 0 fully saturated rings. The van der Waals surface area contributed by atoms with Crippen molar-refractivity contribution < 1.29 is 14.6 Å². The van der Waals surface area contributed by atoms with Crippen molar-refractivity contribution >= 4 is 12.0 Å². The molecule has 2 aromatic rings. The maximum atomic E-state index is 10.5. The summed E-state index contributed by atoms with van der Waals surface area (Å²) < 4.78 is 7.45. The molecule has 1 aromatic heterocycles. The van der Waals surface area contributed by atoms with Gasteiger partial charge in [0.05, 0.1) is 6.54 Å². The molecule has 1 N–H and O–H groups in total. The summed E-state index contributed by atoms with van der Waals surface area (Å²) in [5.74, 6) is 1.32. The maximum Gasteiger partial charge on any atom is 0.328 e. The highest BCUT2D eigenvalue weighted by atomic mass is 16.5. The van der Waals surface area contributed by atoms with E-state index >= 15 is 0 Å². The van der Waals surface area contributed by atoms with Gasteiger partial charge in [-0.15, -0.1) is 0 Å². The second kappa shape index (κ2) is 6.69. The number of aromatic nitrogens is 3. The quantitative estimate of drug-likeness (QED) is 0.823. The summed E-state index contributed by atoms with van der Waals surface area (Å²) in [6.07, 6.45) is 2.63. The number of carboxylic acid groups (broad SMARTS) is 1. The lowest BCUT2D eigenvalue weighted by Gasteiger charge is -2.07. The minimum Gasteiger partial charge on any atom is -0.492 e. The SMILES string of the molecule is Cc1nc(C)n(CCOc2cccc(C=CC(=O)O)c2)n1. The first kappa shape index (κ1) is 14.8. The van der Waals surface area contributed by atoms with Crippen molar-refractivity contribution in [2.24, 2.45) is 0 Å². The normalized spacial score (nSPS) is 11.0. The Hall–Kier alpha value is -2.63. The highest BCUT2D eigenvalue weighted by Gasteiger charge is 2.02. The zero-order chi connectivity index (χ0) is 15.2. The van der Waals surface area contributed by atoms with Gasteiger partial charge in [0.2, 0.25) is 0 Å². The predicted octanol–water partition coefficient (Wildman–Crippen LogP) is 2.07. The second-order valence-electron chi connectivity index (χ2n) is 4.52. The number of aryl methyl sites for hydroxylation is 2. The summed E-state index contributed by atoms with van der Waals surface area (Å²) >= 11 is 0. The Morgan fingerprint density at radius 2 is 2.24 bits per heavy atom. The van der Waals surface area contributed by atoms with E-state index in [2.05, 4.69) is 10.1 Å². The van der Waals surface area contributed by atoms with E-state index in [-0.39, 0.29) is 0 Å². The van der Waals surface area contributed by atoms with E-state index in [1.54, 1.807) is 10.7 Å². The molecule has 0 aliphatic carbocycles. The summed E-state index contributed by atoms with van der Waals surface area (Å²) in [5, 5.41) is 12.9. The van der Waals surface area contributed by atoms with E-state index in [1.807, 2.05) is 32.0 Å². The van der Waals surface area contributed by atoms with E-state index in [1.165, 1.54) is 6.08 Å². The average molecular weight is 287 g/mol. The van der Waals surface area contributed by atoms with Crippen molar-refractivity contribution in [2.45, 2.75) is 20.4 Å². The fourth-order valence-electron chi connectivity index (χ4n) is 1.90. The van der Waals surface area contributed by atoms with Crippen LogP contribution in [0, 0.1) is 13.8 Å². The van der Waals surface area contributed by atoms with Crippen LogP contribution in [0.5, 0.6) is 5.75 Å². The van der Waals surface area contributed by atoms with E-state index < -0.39 is 5.97 Å². The lowest BCUT2D eigenvalue weighted by molar-refractivity contribution is -0.131. The topological polar surface area (TPSA) is 77.2 Å². The Labute approximate surface area is 122 Å². The van der Waals surface area contributed by atoms with Crippen LogP contribution in [0.3, 0.4) is 0 Å². The van der Waals surface area contributed by atoms with E-state index in [9.17, 15) is 4.79 Å². The van der Waals surface area contributed by atoms with E-state index in [0.29, 0.717) is 18.9 Å². The van der Waals surface area contributed by atoms with Crippen LogP contribution in [0.2, 0.25) is 0 Å². The van der Waals surface area contributed by atoms with Gasteiger partial charge in [-0.3, -0.25) is 0 Å². The number of ether oxygens (including phenoxy) is 1. The van der Waals surface area contributed by atoms with Gasteiger partial charge >= 0.3 is 5.97 Å².